The van der Waals surface area contributed by atoms with Gasteiger partial charge in [0.2, 0.25) is 17.7 Å². The molecule has 3 amide bonds. The quantitative estimate of drug-likeness (QED) is 0.0431. The van der Waals surface area contributed by atoms with Crippen molar-refractivity contribution in [2.75, 3.05) is 12.3 Å². The first-order valence-electron chi connectivity index (χ1n) is 11.1. The Morgan fingerprint density at radius 2 is 1.43 bits per heavy atom. The number of carboxylic acids is 2. The van der Waals surface area contributed by atoms with Gasteiger partial charge in [0.05, 0.1) is 6.04 Å². The number of nitrogens with one attached hydrogen (secondary N) is 3. The molecule has 0 fully saturated rings. The summed E-state index contributed by atoms with van der Waals surface area (Å²) in [5.41, 5.74) is 16.2. The standard InChI is InChI=1S/C20H37N7O7S/c1-10(2)8-11(21)16(30)27-14(9-35)18(32)25-12(5-6-15(28)29)17(31)26-13(19(33)34)4-3-7-24-20(22)23/h10-14,35H,3-9,21H2,1-2H3,(H,25,32)(H,26,31)(H,27,30)(H,28,29)(H,33,34)(H4,22,23,24). The molecule has 0 aromatic rings. The van der Waals surface area contributed by atoms with Crippen LogP contribution in [-0.2, 0) is 24.0 Å². The van der Waals surface area contributed by atoms with Crippen molar-refractivity contribution in [3.05, 3.63) is 0 Å². The van der Waals surface area contributed by atoms with E-state index in [2.05, 4.69) is 33.6 Å². The normalized spacial score (nSPS) is 14.2. The molecule has 0 radical (unpaired) electrons. The molecule has 15 heteroatoms. The van der Waals surface area contributed by atoms with Gasteiger partial charge in [0.1, 0.15) is 18.1 Å². The van der Waals surface area contributed by atoms with Crippen LogP contribution in [0.2, 0.25) is 0 Å². The van der Waals surface area contributed by atoms with Crippen LogP contribution in [0, 0.1) is 5.92 Å². The SMILES string of the molecule is CC(C)CC(N)C(=O)NC(CS)C(=O)NC(CCC(=O)O)C(=O)NC(CCCN=C(N)N)C(=O)O. The van der Waals surface area contributed by atoms with Crippen LogP contribution >= 0.6 is 12.6 Å². The number of nitrogens with two attached hydrogens (primary N) is 3. The Morgan fingerprint density at radius 3 is 1.91 bits per heavy atom. The van der Waals surface area contributed by atoms with Crippen LogP contribution in [0.25, 0.3) is 0 Å². The third-order valence-corrected chi connectivity index (χ3v) is 5.08. The maximum absolute atomic E-state index is 12.7. The molecule has 0 saturated heterocycles. The van der Waals surface area contributed by atoms with Gasteiger partial charge >= 0.3 is 11.9 Å². The Hall–Kier alpha value is -3.07. The highest BCUT2D eigenvalue weighted by atomic mass is 32.1. The monoisotopic (exact) mass is 519 g/mol. The Morgan fingerprint density at radius 1 is 0.886 bits per heavy atom. The molecule has 200 valence electrons. The van der Waals surface area contributed by atoms with E-state index in [-0.39, 0.29) is 43.4 Å². The van der Waals surface area contributed by atoms with Gasteiger partial charge < -0.3 is 43.4 Å². The average molecular weight is 520 g/mol. The van der Waals surface area contributed by atoms with Gasteiger partial charge in [-0.3, -0.25) is 24.2 Å². The molecule has 0 aliphatic rings. The zero-order valence-corrected chi connectivity index (χ0v) is 20.8. The van der Waals surface area contributed by atoms with Gasteiger partial charge in [0.25, 0.3) is 0 Å². The zero-order valence-electron chi connectivity index (χ0n) is 19.9. The predicted octanol–water partition coefficient (Wildman–Crippen LogP) is -2.25. The number of aliphatic carboxylic acids is 2. The fourth-order valence-electron chi connectivity index (χ4n) is 2.93. The molecule has 0 aromatic carbocycles. The molecule has 0 spiro atoms. The van der Waals surface area contributed by atoms with Crippen LogP contribution in [0.4, 0.5) is 0 Å². The van der Waals surface area contributed by atoms with Crippen LogP contribution in [0.3, 0.4) is 0 Å². The topological polar surface area (TPSA) is 252 Å². The number of aliphatic imine (C=N–C) groups is 1. The van der Waals surface area contributed by atoms with E-state index in [1.807, 2.05) is 13.8 Å². The van der Waals surface area contributed by atoms with Gasteiger partial charge in [-0.2, -0.15) is 12.6 Å². The summed E-state index contributed by atoms with van der Waals surface area (Å²) in [4.78, 5) is 64.0. The Kier molecular flexibility index (Phi) is 15.1. The summed E-state index contributed by atoms with van der Waals surface area (Å²) in [6.45, 7) is 3.91. The summed E-state index contributed by atoms with van der Waals surface area (Å²) >= 11 is 4.05. The molecule has 0 rings (SSSR count). The summed E-state index contributed by atoms with van der Waals surface area (Å²) < 4.78 is 0. The molecule has 0 aliphatic heterocycles. The lowest BCUT2D eigenvalue weighted by Crippen LogP contribution is -2.57. The van der Waals surface area contributed by atoms with Crippen molar-refractivity contribution in [2.45, 2.75) is 70.1 Å². The second-order valence-corrected chi connectivity index (χ2v) is 8.69. The smallest absolute Gasteiger partial charge is 0.326 e. The lowest BCUT2D eigenvalue weighted by Gasteiger charge is -2.24. The van der Waals surface area contributed by atoms with E-state index < -0.39 is 60.2 Å². The molecule has 11 N–H and O–H groups in total. The van der Waals surface area contributed by atoms with Crippen LogP contribution in [-0.4, -0.2) is 82.3 Å². The molecule has 35 heavy (non-hydrogen) atoms. The highest BCUT2D eigenvalue weighted by Crippen LogP contribution is 2.06. The lowest BCUT2D eigenvalue weighted by atomic mass is 10.0. The van der Waals surface area contributed by atoms with Crippen molar-refractivity contribution in [1.29, 1.82) is 0 Å². The van der Waals surface area contributed by atoms with Gasteiger partial charge in [0.15, 0.2) is 5.96 Å². The second kappa shape index (κ2) is 16.5. The van der Waals surface area contributed by atoms with Crippen molar-refractivity contribution < 1.29 is 34.2 Å². The van der Waals surface area contributed by atoms with E-state index in [0.717, 1.165) is 0 Å². The molecule has 0 aromatic heterocycles. The molecule has 4 unspecified atom stereocenters. The van der Waals surface area contributed by atoms with Gasteiger partial charge in [-0.05, 0) is 31.6 Å². The minimum atomic E-state index is -1.37. The number of guanidine groups is 1. The number of nitrogens with zero attached hydrogens (tertiary/aromatic N) is 1. The molecule has 0 aliphatic carbocycles. The first-order valence-corrected chi connectivity index (χ1v) is 11.7. The van der Waals surface area contributed by atoms with E-state index in [1.54, 1.807) is 0 Å². The molecule has 4 atom stereocenters. The summed E-state index contributed by atoms with van der Waals surface area (Å²) in [5, 5.41) is 25.5. The minimum absolute atomic E-state index is 0.0134. The van der Waals surface area contributed by atoms with E-state index in [4.69, 9.17) is 22.3 Å². The van der Waals surface area contributed by atoms with Crippen LogP contribution in [0.1, 0.15) is 46.0 Å². The molecule has 14 nitrogen and oxygen atoms in total. The van der Waals surface area contributed by atoms with Gasteiger partial charge in [-0.25, -0.2) is 4.79 Å². The van der Waals surface area contributed by atoms with Gasteiger partial charge in [-0.1, -0.05) is 13.8 Å². The third-order valence-electron chi connectivity index (χ3n) is 4.72. The number of carboxylic acid groups (broad SMARTS) is 2. The minimum Gasteiger partial charge on any atom is -0.481 e. The lowest BCUT2D eigenvalue weighted by molar-refractivity contribution is -0.143. The summed E-state index contributed by atoms with van der Waals surface area (Å²) in [6, 6.07) is -4.71. The van der Waals surface area contributed by atoms with E-state index in [9.17, 15) is 29.1 Å². The largest absolute Gasteiger partial charge is 0.481 e. The van der Waals surface area contributed by atoms with Crippen molar-refractivity contribution in [1.82, 2.24) is 16.0 Å². The van der Waals surface area contributed by atoms with E-state index in [1.165, 1.54) is 0 Å². The second-order valence-electron chi connectivity index (χ2n) is 8.32. The number of hydrogen-bond acceptors (Lipinski definition) is 8. The fraction of sp³-hybridized carbons (Fsp3) is 0.700. The fourth-order valence-corrected chi connectivity index (χ4v) is 3.19. The summed E-state index contributed by atoms with van der Waals surface area (Å²) in [7, 11) is 0. The molecule has 0 bridgehead atoms. The number of carbonyl (C=O) groups is 5. The van der Waals surface area contributed by atoms with Gasteiger partial charge in [0, 0.05) is 18.7 Å². The maximum Gasteiger partial charge on any atom is 0.326 e. The van der Waals surface area contributed by atoms with Crippen molar-refractivity contribution in [2.24, 2.45) is 28.1 Å². The number of rotatable bonds is 17. The third kappa shape index (κ3) is 14.0. The highest BCUT2D eigenvalue weighted by molar-refractivity contribution is 7.80. The number of amides is 3. The van der Waals surface area contributed by atoms with Gasteiger partial charge in [-0.15, -0.1) is 0 Å². The van der Waals surface area contributed by atoms with Crippen LogP contribution in [0.15, 0.2) is 4.99 Å². The number of hydrogen-bond donors (Lipinski definition) is 9. The number of carbonyl (C=O) groups excluding carboxylic acids is 3. The van der Waals surface area contributed by atoms with Crippen molar-refractivity contribution in [3.63, 3.8) is 0 Å². The van der Waals surface area contributed by atoms with Crippen LogP contribution in [0.5, 0.6) is 0 Å². The van der Waals surface area contributed by atoms with Crippen molar-refractivity contribution in [3.8, 4) is 0 Å². The van der Waals surface area contributed by atoms with E-state index >= 15 is 0 Å². The molecular formula is C20H37N7O7S. The summed E-state index contributed by atoms with van der Waals surface area (Å²) in [6.07, 6.45) is -0.173. The first-order chi connectivity index (χ1) is 16.3. The first kappa shape index (κ1) is 31.9. The Balaban J connectivity index is 5.32. The predicted molar refractivity (Wildman–Crippen MR) is 131 cm³/mol. The van der Waals surface area contributed by atoms with Crippen LogP contribution < -0.4 is 33.2 Å². The average Bonchev–Trinajstić information content (AvgIpc) is 2.75. The zero-order chi connectivity index (χ0) is 27.1. The molecule has 0 heterocycles. The number of thiol groups is 1. The Bertz CT molecular complexity index is 775. The molecular weight excluding hydrogens is 482 g/mol. The van der Waals surface area contributed by atoms with E-state index in [0.29, 0.717) is 6.42 Å². The summed E-state index contributed by atoms with van der Waals surface area (Å²) in [5.74, 6) is -4.95. The highest BCUT2D eigenvalue weighted by Gasteiger charge is 2.30. The van der Waals surface area contributed by atoms with Crippen molar-refractivity contribution >= 4 is 48.2 Å². The molecule has 0 saturated carbocycles. The maximum atomic E-state index is 12.7. The Labute approximate surface area is 209 Å².